The fourth-order valence-electron chi connectivity index (χ4n) is 2.95. The lowest BCUT2D eigenvalue weighted by Crippen LogP contribution is -2.15. The molecule has 3 aromatic heterocycles. The summed E-state index contributed by atoms with van der Waals surface area (Å²) in [5.41, 5.74) is 1.50. The molecular weight excluding hydrogens is 476 g/mol. The van der Waals surface area contributed by atoms with Crippen molar-refractivity contribution in [3.05, 3.63) is 67.4 Å². The number of hydrogen-bond acceptors (Lipinski definition) is 8. The van der Waals surface area contributed by atoms with E-state index >= 15 is 0 Å². The zero-order chi connectivity index (χ0) is 24.8. The molecule has 3 heterocycles. The number of hydrogen-bond donors (Lipinski definition) is 2. The Bertz CT molecular complexity index is 1460. The standard InChI is InChI=1S/C20H17N3O4S2.C3H7NO/c1-10-11(2)29-20-18(10)19(26)22-15(23-20)8-28-9-16(24)21-13-4-5-14-12(7-13)3-6-17(25)27-14;1-4(2)3-5/h3-7H,8-9H2,1-2H3,(H,21,24)(H,22,23,26);3H,1-2H3. The van der Waals surface area contributed by atoms with Crippen LogP contribution in [0.4, 0.5) is 5.69 Å². The summed E-state index contributed by atoms with van der Waals surface area (Å²) in [4.78, 5) is 55.7. The highest BCUT2D eigenvalue weighted by atomic mass is 32.2. The van der Waals surface area contributed by atoms with Crippen molar-refractivity contribution in [1.29, 1.82) is 0 Å². The van der Waals surface area contributed by atoms with Crippen molar-refractivity contribution in [1.82, 2.24) is 14.9 Å². The smallest absolute Gasteiger partial charge is 0.336 e. The summed E-state index contributed by atoms with van der Waals surface area (Å²) in [7, 11) is 3.38. The summed E-state index contributed by atoms with van der Waals surface area (Å²) in [5.74, 6) is 1.03. The second-order valence-corrected chi connectivity index (χ2v) is 9.78. The van der Waals surface area contributed by atoms with Gasteiger partial charge in [-0.3, -0.25) is 14.4 Å². The minimum absolute atomic E-state index is 0.139. The molecule has 0 spiro atoms. The number of fused-ring (bicyclic) bond motifs is 2. The first-order valence-corrected chi connectivity index (χ1v) is 12.2. The number of thiophene rings is 1. The number of rotatable bonds is 6. The maximum atomic E-state index is 12.3. The normalized spacial score (nSPS) is 10.6. The molecular formula is C23H24N4O5S2. The van der Waals surface area contributed by atoms with Gasteiger partial charge in [0.2, 0.25) is 12.3 Å². The van der Waals surface area contributed by atoms with Crippen LogP contribution in [0.25, 0.3) is 21.2 Å². The van der Waals surface area contributed by atoms with Crippen molar-refractivity contribution in [3.8, 4) is 0 Å². The van der Waals surface area contributed by atoms with Crippen LogP contribution in [0.2, 0.25) is 0 Å². The molecule has 0 atom stereocenters. The van der Waals surface area contributed by atoms with E-state index in [0.717, 1.165) is 27.1 Å². The molecule has 0 saturated heterocycles. The highest BCUT2D eigenvalue weighted by Crippen LogP contribution is 2.26. The number of nitrogens with one attached hydrogen (secondary N) is 2. The van der Waals surface area contributed by atoms with Gasteiger partial charge in [0.15, 0.2) is 0 Å². The van der Waals surface area contributed by atoms with E-state index in [9.17, 15) is 19.2 Å². The van der Waals surface area contributed by atoms with Gasteiger partial charge in [-0.05, 0) is 43.7 Å². The number of thioether (sulfide) groups is 1. The molecule has 0 saturated carbocycles. The maximum absolute atomic E-state index is 12.3. The Labute approximate surface area is 203 Å². The zero-order valence-electron chi connectivity index (χ0n) is 19.1. The van der Waals surface area contributed by atoms with Crippen LogP contribution in [0.3, 0.4) is 0 Å². The number of aromatic nitrogens is 2. The minimum Gasteiger partial charge on any atom is -0.423 e. The van der Waals surface area contributed by atoms with Gasteiger partial charge in [-0.1, -0.05) is 0 Å². The van der Waals surface area contributed by atoms with E-state index in [1.54, 1.807) is 38.4 Å². The molecule has 34 heavy (non-hydrogen) atoms. The van der Waals surface area contributed by atoms with E-state index in [4.69, 9.17) is 4.42 Å². The van der Waals surface area contributed by atoms with E-state index in [0.29, 0.717) is 28.2 Å². The molecule has 2 N–H and O–H groups in total. The lowest BCUT2D eigenvalue weighted by atomic mass is 10.2. The third-order valence-electron chi connectivity index (χ3n) is 4.67. The number of aromatic amines is 1. The van der Waals surface area contributed by atoms with Crippen LogP contribution in [0.5, 0.6) is 0 Å². The average Bonchev–Trinajstić information content (AvgIpc) is 3.08. The predicted molar refractivity (Wildman–Crippen MR) is 137 cm³/mol. The molecule has 0 aliphatic rings. The van der Waals surface area contributed by atoms with Gasteiger partial charge in [-0.25, -0.2) is 9.78 Å². The number of nitrogens with zero attached hydrogens (tertiary/aromatic N) is 2. The number of benzene rings is 1. The summed E-state index contributed by atoms with van der Waals surface area (Å²) >= 11 is 2.87. The van der Waals surface area contributed by atoms with Crippen LogP contribution in [-0.4, -0.2) is 47.0 Å². The molecule has 0 aliphatic carbocycles. The third-order valence-corrected chi connectivity index (χ3v) is 6.72. The Balaban J connectivity index is 0.000000588. The molecule has 0 bridgehead atoms. The van der Waals surface area contributed by atoms with Crippen LogP contribution < -0.4 is 16.5 Å². The van der Waals surface area contributed by atoms with Crippen molar-refractivity contribution in [2.24, 2.45) is 0 Å². The van der Waals surface area contributed by atoms with Gasteiger partial charge in [0.25, 0.3) is 5.56 Å². The average molecular weight is 501 g/mol. The summed E-state index contributed by atoms with van der Waals surface area (Å²) < 4.78 is 5.08. The molecule has 4 rings (SSSR count). The maximum Gasteiger partial charge on any atom is 0.336 e. The minimum atomic E-state index is -0.414. The lowest BCUT2D eigenvalue weighted by Gasteiger charge is -2.06. The molecule has 0 radical (unpaired) electrons. The van der Waals surface area contributed by atoms with Gasteiger partial charge in [-0.15, -0.1) is 23.1 Å². The van der Waals surface area contributed by atoms with E-state index in [-0.39, 0.29) is 17.2 Å². The van der Waals surface area contributed by atoms with Crippen LogP contribution in [-0.2, 0) is 15.3 Å². The molecule has 1 aromatic carbocycles. The topological polar surface area (TPSA) is 125 Å². The molecule has 0 unspecified atom stereocenters. The molecule has 4 aromatic rings. The largest absolute Gasteiger partial charge is 0.423 e. The van der Waals surface area contributed by atoms with Gasteiger partial charge < -0.3 is 19.6 Å². The first-order valence-electron chi connectivity index (χ1n) is 10.2. The number of H-pyrrole nitrogens is 1. The Hall–Kier alpha value is -3.44. The second-order valence-electron chi connectivity index (χ2n) is 7.59. The van der Waals surface area contributed by atoms with Crippen molar-refractivity contribution >= 4 is 62.3 Å². The Kier molecular flexibility index (Phi) is 8.24. The monoisotopic (exact) mass is 500 g/mol. The number of anilines is 1. The fourth-order valence-corrected chi connectivity index (χ4v) is 4.69. The molecule has 9 nitrogen and oxygen atoms in total. The van der Waals surface area contributed by atoms with Gasteiger partial charge in [0.05, 0.1) is 16.9 Å². The highest BCUT2D eigenvalue weighted by molar-refractivity contribution is 7.99. The summed E-state index contributed by atoms with van der Waals surface area (Å²) in [6.45, 7) is 3.89. The molecule has 0 fully saturated rings. The summed E-state index contributed by atoms with van der Waals surface area (Å²) in [5, 5.41) is 4.19. The van der Waals surface area contributed by atoms with E-state index in [1.807, 2.05) is 13.8 Å². The predicted octanol–water partition coefficient (Wildman–Crippen LogP) is 3.28. The highest BCUT2D eigenvalue weighted by Gasteiger charge is 2.12. The fraction of sp³-hybridized carbons (Fsp3) is 0.261. The number of aryl methyl sites for hydroxylation is 2. The molecule has 0 aliphatic heterocycles. The van der Waals surface area contributed by atoms with Crippen LogP contribution in [0, 0.1) is 13.8 Å². The third kappa shape index (κ3) is 6.33. The van der Waals surface area contributed by atoms with Crippen LogP contribution in [0.1, 0.15) is 16.3 Å². The van der Waals surface area contributed by atoms with Crippen LogP contribution >= 0.6 is 23.1 Å². The van der Waals surface area contributed by atoms with E-state index in [1.165, 1.54) is 34.1 Å². The number of amides is 2. The summed E-state index contributed by atoms with van der Waals surface area (Å²) in [6, 6.07) is 8.06. The van der Waals surface area contributed by atoms with E-state index < -0.39 is 5.63 Å². The van der Waals surface area contributed by atoms with Crippen molar-refractivity contribution in [3.63, 3.8) is 0 Å². The lowest BCUT2D eigenvalue weighted by molar-refractivity contribution is -0.116. The Morgan fingerprint density at radius 3 is 2.68 bits per heavy atom. The first-order chi connectivity index (χ1) is 16.2. The van der Waals surface area contributed by atoms with Gasteiger partial charge >= 0.3 is 5.63 Å². The van der Waals surface area contributed by atoms with Crippen molar-refractivity contribution in [2.75, 3.05) is 25.2 Å². The van der Waals surface area contributed by atoms with Gasteiger partial charge in [0, 0.05) is 36.1 Å². The summed E-state index contributed by atoms with van der Waals surface area (Å²) in [6.07, 6.45) is 0.750. The Morgan fingerprint density at radius 2 is 1.97 bits per heavy atom. The van der Waals surface area contributed by atoms with Gasteiger partial charge in [0.1, 0.15) is 16.2 Å². The number of carbonyl (C=O) groups excluding carboxylic acids is 2. The number of carbonyl (C=O) groups is 2. The van der Waals surface area contributed by atoms with E-state index in [2.05, 4.69) is 15.3 Å². The van der Waals surface area contributed by atoms with Crippen molar-refractivity contribution < 1.29 is 14.0 Å². The van der Waals surface area contributed by atoms with Crippen LogP contribution in [0.15, 0.2) is 44.3 Å². The second kappa shape index (κ2) is 11.1. The molecule has 11 heteroatoms. The molecule has 2 amide bonds. The quantitative estimate of drug-likeness (QED) is 0.307. The molecule has 178 valence electrons. The Morgan fingerprint density at radius 1 is 1.24 bits per heavy atom. The van der Waals surface area contributed by atoms with Crippen molar-refractivity contribution in [2.45, 2.75) is 19.6 Å². The first kappa shape index (κ1) is 25.2. The zero-order valence-corrected chi connectivity index (χ0v) is 20.8. The van der Waals surface area contributed by atoms with Gasteiger partial charge in [-0.2, -0.15) is 0 Å². The SMILES string of the molecule is CN(C)C=O.Cc1sc2nc(CSCC(=O)Nc3ccc4oc(=O)ccc4c3)[nH]c(=O)c2c1C.